The highest BCUT2D eigenvalue weighted by molar-refractivity contribution is 5.58. The summed E-state index contributed by atoms with van der Waals surface area (Å²) in [5.41, 5.74) is 7.85. The Morgan fingerprint density at radius 2 is 2.06 bits per heavy atom. The summed E-state index contributed by atoms with van der Waals surface area (Å²) in [5, 5.41) is 16.8. The van der Waals surface area contributed by atoms with Gasteiger partial charge in [0.05, 0.1) is 17.8 Å². The van der Waals surface area contributed by atoms with Crippen LogP contribution in [0.5, 0.6) is 0 Å². The monoisotopic (exact) mass is 227 g/mol. The van der Waals surface area contributed by atoms with Crippen LogP contribution >= 0.6 is 0 Å². The van der Waals surface area contributed by atoms with E-state index in [1.54, 1.807) is 16.8 Å². The molecule has 5 nitrogen and oxygen atoms in total. The molecule has 0 bridgehead atoms. The number of nitriles is 1. The molecule has 0 fully saturated rings. The summed E-state index contributed by atoms with van der Waals surface area (Å²) < 4.78 is 1.78. The molecule has 0 atom stereocenters. The van der Waals surface area contributed by atoms with Gasteiger partial charge in [0.2, 0.25) is 0 Å². The van der Waals surface area contributed by atoms with E-state index in [0.29, 0.717) is 12.1 Å². The molecule has 2 aromatic rings. The van der Waals surface area contributed by atoms with Gasteiger partial charge in [0, 0.05) is 12.1 Å². The molecule has 1 aromatic carbocycles. The molecular formula is C12H13N5. The molecule has 0 aliphatic carbocycles. The van der Waals surface area contributed by atoms with E-state index >= 15 is 0 Å². The maximum Gasteiger partial charge on any atom is 0.113 e. The van der Waals surface area contributed by atoms with Gasteiger partial charge in [-0.3, -0.25) is 4.68 Å². The first-order valence-corrected chi connectivity index (χ1v) is 5.44. The van der Waals surface area contributed by atoms with Gasteiger partial charge in [0.25, 0.3) is 0 Å². The second-order valence-corrected chi connectivity index (χ2v) is 3.70. The summed E-state index contributed by atoms with van der Waals surface area (Å²) in [6.07, 6.45) is 2.77. The molecule has 17 heavy (non-hydrogen) atoms. The van der Waals surface area contributed by atoms with Gasteiger partial charge in [0.1, 0.15) is 5.69 Å². The molecule has 0 spiro atoms. The lowest BCUT2D eigenvalue weighted by Crippen LogP contribution is -2.06. The number of hydrogen-bond acceptors (Lipinski definition) is 4. The summed E-state index contributed by atoms with van der Waals surface area (Å²) in [5.74, 6) is 0. The van der Waals surface area contributed by atoms with Crippen LogP contribution in [-0.2, 0) is 6.54 Å². The van der Waals surface area contributed by atoms with Gasteiger partial charge in [-0.1, -0.05) is 17.3 Å². The molecular weight excluding hydrogens is 214 g/mol. The standard InChI is InChI=1S/C12H13N5/c13-6-1-7-17-9-12(15-16-17)11-4-2-10(8-14)3-5-11/h2-5,9H,1,6-7,13H2. The van der Waals surface area contributed by atoms with E-state index in [1.807, 2.05) is 18.3 Å². The number of benzene rings is 1. The second kappa shape index (κ2) is 5.23. The molecule has 0 unspecified atom stereocenters. The van der Waals surface area contributed by atoms with Crippen molar-refractivity contribution in [3.05, 3.63) is 36.0 Å². The fourth-order valence-electron chi connectivity index (χ4n) is 1.51. The van der Waals surface area contributed by atoms with E-state index in [0.717, 1.165) is 24.2 Å². The highest BCUT2D eigenvalue weighted by Gasteiger charge is 2.03. The minimum absolute atomic E-state index is 0.643. The molecule has 0 saturated carbocycles. The largest absolute Gasteiger partial charge is 0.330 e. The third-order valence-electron chi connectivity index (χ3n) is 2.44. The number of aryl methyl sites for hydroxylation is 1. The fraction of sp³-hybridized carbons (Fsp3) is 0.250. The molecule has 0 amide bonds. The molecule has 1 aromatic heterocycles. The SMILES string of the molecule is N#Cc1ccc(-c2cn(CCCN)nn2)cc1. The van der Waals surface area contributed by atoms with E-state index in [1.165, 1.54) is 0 Å². The first-order chi connectivity index (χ1) is 8.33. The highest BCUT2D eigenvalue weighted by Crippen LogP contribution is 2.16. The third-order valence-corrected chi connectivity index (χ3v) is 2.44. The smallest absolute Gasteiger partial charge is 0.113 e. The normalized spacial score (nSPS) is 10.1. The summed E-state index contributed by atoms with van der Waals surface area (Å²) in [7, 11) is 0. The zero-order valence-corrected chi connectivity index (χ0v) is 9.37. The van der Waals surface area contributed by atoms with E-state index in [4.69, 9.17) is 11.0 Å². The Morgan fingerprint density at radius 1 is 1.29 bits per heavy atom. The average Bonchev–Trinajstić information content (AvgIpc) is 2.85. The van der Waals surface area contributed by atoms with Gasteiger partial charge in [0.15, 0.2) is 0 Å². The van der Waals surface area contributed by atoms with Crippen molar-refractivity contribution in [1.29, 1.82) is 5.26 Å². The number of rotatable bonds is 4. The second-order valence-electron chi connectivity index (χ2n) is 3.70. The Kier molecular flexibility index (Phi) is 3.48. The Hall–Kier alpha value is -2.19. The molecule has 5 heteroatoms. The van der Waals surface area contributed by atoms with Crippen molar-refractivity contribution in [2.24, 2.45) is 5.73 Å². The van der Waals surface area contributed by atoms with Crippen LogP contribution in [0.3, 0.4) is 0 Å². The third kappa shape index (κ3) is 2.68. The van der Waals surface area contributed by atoms with Crippen LogP contribution in [0.4, 0.5) is 0 Å². The molecule has 2 N–H and O–H groups in total. The molecule has 0 aliphatic heterocycles. The van der Waals surface area contributed by atoms with Crippen molar-refractivity contribution in [2.45, 2.75) is 13.0 Å². The maximum atomic E-state index is 8.71. The minimum atomic E-state index is 0.643. The summed E-state index contributed by atoms with van der Waals surface area (Å²) >= 11 is 0. The summed E-state index contributed by atoms with van der Waals surface area (Å²) in [6.45, 7) is 1.42. The minimum Gasteiger partial charge on any atom is -0.330 e. The van der Waals surface area contributed by atoms with Crippen molar-refractivity contribution >= 4 is 0 Å². The van der Waals surface area contributed by atoms with Gasteiger partial charge in [-0.15, -0.1) is 5.10 Å². The van der Waals surface area contributed by atoms with Crippen molar-refractivity contribution in [2.75, 3.05) is 6.54 Å². The zero-order chi connectivity index (χ0) is 12.1. The fourth-order valence-corrected chi connectivity index (χ4v) is 1.51. The van der Waals surface area contributed by atoms with Crippen LogP contribution in [0.1, 0.15) is 12.0 Å². The van der Waals surface area contributed by atoms with E-state index in [2.05, 4.69) is 16.4 Å². The Labute approximate surface area is 99.5 Å². The predicted molar refractivity (Wildman–Crippen MR) is 63.8 cm³/mol. The Bertz CT molecular complexity index is 521. The lowest BCUT2D eigenvalue weighted by Gasteiger charge is -1.96. The first kappa shape index (κ1) is 11.3. The van der Waals surface area contributed by atoms with Crippen LogP contribution in [0.25, 0.3) is 11.3 Å². The predicted octanol–water partition coefficient (Wildman–Crippen LogP) is 1.17. The van der Waals surface area contributed by atoms with Crippen molar-refractivity contribution in [3.63, 3.8) is 0 Å². The number of nitrogens with zero attached hydrogens (tertiary/aromatic N) is 4. The van der Waals surface area contributed by atoms with E-state index in [9.17, 15) is 0 Å². The van der Waals surface area contributed by atoms with Gasteiger partial charge in [-0.05, 0) is 25.1 Å². The summed E-state index contributed by atoms with van der Waals surface area (Å²) in [6, 6.07) is 9.37. The van der Waals surface area contributed by atoms with Crippen molar-refractivity contribution in [1.82, 2.24) is 15.0 Å². The van der Waals surface area contributed by atoms with E-state index in [-0.39, 0.29) is 0 Å². The Morgan fingerprint density at radius 3 is 2.71 bits per heavy atom. The zero-order valence-electron chi connectivity index (χ0n) is 9.37. The van der Waals surface area contributed by atoms with Crippen LogP contribution in [-0.4, -0.2) is 21.5 Å². The van der Waals surface area contributed by atoms with E-state index < -0.39 is 0 Å². The lowest BCUT2D eigenvalue weighted by atomic mass is 10.1. The molecule has 0 saturated heterocycles. The molecule has 2 rings (SSSR count). The molecule has 0 radical (unpaired) electrons. The quantitative estimate of drug-likeness (QED) is 0.850. The van der Waals surface area contributed by atoms with Gasteiger partial charge < -0.3 is 5.73 Å². The number of nitrogens with two attached hydrogens (primary N) is 1. The molecule has 1 heterocycles. The van der Waals surface area contributed by atoms with Crippen molar-refractivity contribution in [3.8, 4) is 17.3 Å². The van der Waals surface area contributed by atoms with Crippen LogP contribution in [0, 0.1) is 11.3 Å². The number of aromatic nitrogens is 3. The average molecular weight is 227 g/mol. The Balaban J connectivity index is 2.16. The van der Waals surface area contributed by atoms with Gasteiger partial charge >= 0.3 is 0 Å². The summed E-state index contributed by atoms with van der Waals surface area (Å²) in [4.78, 5) is 0. The highest BCUT2D eigenvalue weighted by atomic mass is 15.4. The lowest BCUT2D eigenvalue weighted by molar-refractivity contribution is 0.564. The van der Waals surface area contributed by atoms with Crippen molar-refractivity contribution < 1.29 is 0 Å². The van der Waals surface area contributed by atoms with Crippen LogP contribution in [0.2, 0.25) is 0 Å². The van der Waals surface area contributed by atoms with Crippen LogP contribution in [0.15, 0.2) is 30.5 Å². The molecule has 86 valence electrons. The first-order valence-electron chi connectivity index (χ1n) is 5.44. The van der Waals surface area contributed by atoms with Crippen LogP contribution < -0.4 is 5.73 Å². The number of hydrogen-bond donors (Lipinski definition) is 1. The maximum absolute atomic E-state index is 8.71. The van der Waals surface area contributed by atoms with Gasteiger partial charge in [-0.2, -0.15) is 5.26 Å². The van der Waals surface area contributed by atoms with Gasteiger partial charge in [-0.25, -0.2) is 0 Å². The molecule has 0 aliphatic rings. The topological polar surface area (TPSA) is 80.5 Å².